The quantitative estimate of drug-likeness (QED) is 0.480. The van der Waals surface area contributed by atoms with Gasteiger partial charge in [-0.05, 0) is 54.5 Å². The van der Waals surface area contributed by atoms with E-state index in [1.54, 1.807) is 6.07 Å². The summed E-state index contributed by atoms with van der Waals surface area (Å²) in [6.07, 6.45) is 1.71. The number of halogens is 1. The number of likely N-dealkylation sites (N-methyl/N-ethyl adjacent to an activating group) is 1. The second-order valence-electron chi connectivity index (χ2n) is 4.85. The van der Waals surface area contributed by atoms with Crippen molar-refractivity contribution >= 4 is 28.3 Å². The standard InChI is InChI=1S/C13H19IN2O2/c1-9(2)6-12(15-3)7-10-4-5-11(14)8-13(10)16(17)18/h4-5,8-9,12,15H,6-7H2,1-3H3. The molecule has 0 aliphatic rings. The molecule has 0 spiro atoms. The van der Waals surface area contributed by atoms with E-state index in [1.807, 2.05) is 19.2 Å². The number of nitrogens with zero attached hydrogens (tertiary/aromatic N) is 1. The molecule has 0 saturated carbocycles. The van der Waals surface area contributed by atoms with Crippen LogP contribution in [-0.4, -0.2) is 18.0 Å². The minimum Gasteiger partial charge on any atom is -0.317 e. The lowest BCUT2D eigenvalue weighted by Crippen LogP contribution is -2.29. The van der Waals surface area contributed by atoms with Crippen LogP contribution in [0.3, 0.4) is 0 Å². The maximum atomic E-state index is 11.0. The van der Waals surface area contributed by atoms with E-state index in [-0.39, 0.29) is 16.7 Å². The van der Waals surface area contributed by atoms with Crippen molar-refractivity contribution in [3.8, 4) is 0 Å². The van der Waals surface area contributed by atoms with Crippen molar-refractivity contribution in [3.63, 3.8) is 0 Å². The maximum absolute atomic E-state index is 11.0. The summed E-state index contributed by atoms with van der Waals surface area (Å²) in [7, 11) is 1.91. The molecule has 0 aromatic heterocycles. The summed E-state index contributed by atoms with van der Waals surface area (Å²) < 4.78 is 0.896. The molecule has 1 rings (SSSR count). The molecule has 1 aromatic carbocycles. The summed E-state index contributed by atoms with van der Waals surface area (Å²) in [6.45, 7) is 4.32. The van der Waals surface area contributed by atoms with E-state index in [2.05, 4.69) is 41.8 Å². The molecule has 1 N–H and O–H groups in total. The molecule has 5 heteroatoms. The van der Waals surface area contributed by atoms with Crippen LogP contribution in [0.1, 0.15) is 25.8 Å². The van der Waals surface area contributed by atoms with Gasteiger partial charge in [0.15, 0.2) is 0 Å². The number of hydrogen-bond acceptors (Lipinski definition) is 3. The van der Waals surface area contributed by atoms with Crippen molar-refractivity contribution in [2.24, 2.45) is 5.92 Å². The average molecular weight is 362 g/mol. The first kappa shape index (κ1) is 15.4. The Bertz CT molecular complexity index is 421. The Balaban J connectivity index is 2.91. The lowest BCUT2D eigenvalue weighted by atomic mass is 9.96. The van der Waals surface area contributed by atoms with Gasteiger partial charge in [-0.1, -0.05) is 19.9 Å². The summed E-state index contributed by atoms with van der Waals surface area (Å²) in [5.41, 5.74) is 1.03. The molecule has 0 amide bonds. The van der Waals surface area contributed by atoms with Crippen LogP contribution in [0.25, 0.3) is 0 Å². The van der Waals surface area contributed by atoms with Crippen LogP contribution in [0.5, 0.6) is 0 Å². The molecule has 18 heavy (non-hydrogen) atoms. The van der Waals surface area contributed by atoms with E-state index >= 15 is 0 Å². The predicted octanol–water partition coefficient (Wildman–Crippen LogP) is 3.38. The van der Waals surface area contributed by atoms with Crippen molar-refractivity contribution in [1.82, 2.24) is 5.32 Å². The number of hydrogen-bond donors (Lipinski definition) is 1. The van der Waals surface area contributed by atoms with Gasteiger partial charge in [0, 0.05) is 21.2 Å². The number of benzene rings is 1. The number of nitro groups is 1. The van der Waals surface area contributed by atoms with Crippen LogP contribution in [0.15, 0.2) is 18.2 Å². The summed E-state index contributed by atoms with van der Waals surface area (Å²) in [5.74, 6) is 0.574. The highest BCUT2D eigenvalue weighted by Gasteiger charge is 2.18. The molecule has 4 nitrogen and oxygen atoms in total. The SMILES string of the molecule is CNC(Cc1ccc(I)cc1[N+](=O)[O-])CC(C)C. The van der Waals surface area contributed by atoms with Crippen LogP contribution in [0, 0.1) is 19.6 Å². The van der Waals surface area contributed by atoms with Crippen molar-refractivity contribution < 1.29 is 4.92 Å². The second-order valence-corrected chi connectivity index (χ2v) is 6.10. The minimum atomic E-state index is -0.292. The first-order valence-electron chi connectivity index (χ1n) is 6.04. The van der Waals surface area contributed by atoms with Gasteiger partial charge in [0.05, 0.1) is 4.92 Å². The Morgan fingerprint density at radius 2 is 2.11 bits per heavy atom. The summed E-state index contributed by atoms with van der Waals surface area (Å²) in [5, 5.41) is 14.3. The van der Waals surface area contributed by atoms with E-state index < -0.39 is 0 Å². The lowest BCUT2D eigenvalue weighted by Gasteiger charge is -2.18. The van der Waals surface area contributed by atoms with Gasteiger partial charge in [-0.3, -0.25) is 10.1 Å². The second kappa shape index (κ2) is 7.04. The molecule has 0 bridgehead atoms. The predicted molar refractivity (Wildman–Crippen MR) is 81.8 cm³/mol. The third kappa shape index (κ3) is 4.53. The highest BCUT2D eigenvalue weighted by Crippen LogP contribution is 2.23. The Hall–Kier alpha value is -0.690. The third-order valence-corrected chi connectivity index (χ3v) is 3.55. The normalized spacial score (nSPS) is 12.7. The topological polar surface area (TPSA) is 55.2 Å². The van der Waals surface area contributed by atoms with Crippen molar-refractivity contribution in [3.05, 3.63) is 37.4 Å². The Morgan fingerprint density at radius 1 is 1.44 bits per heavy atom. The monoisotopic (exact) mass is 362 g/mol. The molecule has 1 aromatic rings. The zero-order valence-electron chi connectivity index (χ0n) is 10.9. The number of nitrogens with one attached hydrogen (secondary N) is 1. The maximum Gasteiger partial charge on any atom is 0.273 e. The van der Waals surface area contributed by atoms with Crippen molar-refractivity contribution in [1.29, 1.82) is 0 Å². The molecule has 0 heterocycles. The first-order chi connectivity index (χ1) is 8.43. The molecule has 0 fully saturated rings. The van der Waals surface area contributed by atoms with E-state index in [0.29, 0.717) is 12.3 Å². The van der Waals surface area contributed by atoms with Gasteiger partial charge in [0.1, 0.15) is 0 Å². The largest absolute Gasteiger partial charge is 0.317 e. The van der Waals surface area contributed by atoms with E-state index in [9.17, 15) is 10.1 Å². The fraction of sp³-hybridized carbons (Fsp3) is 0.538. The third-order valence-electron chi connectivity index (χ3n) is 2.87. The van der Waals surface area contributed by atoms with Gasteiger partial charge >= 0.3 is 0 Å². The summed E-state index contributed by atoms with van der Waals surface area (Å²) >= 11 is 2.10. The van der Waals surface area contributed by atoms with Gasteiger partial charge in [0.25, 0.3) is 5.69 Å². The van der Waals surface area contributed by atoms with Crippen LogP contribution >= 0.6 is 22.6 Å². The molecular weight excluding hydrogens is 343 g/mol. The van der Waals surface area contributed by atoms with Crippen LogP contribution in [0.4, 0.5) is 5.69 Å². The smallest absolute Gasteiger partial charge is 0.273 e. The number of rotatable bonds is 6. The zero-order chi connectivity index (χ0) is 13.7. The van der Waals surface area contributed by atoms with E-state index in [1.165, 1.54) is 0 Å². The van der Waals surface area contributed by atoms with Crippen LogP contribution in [-0.2, 0) is 6.42 Å². The van der Waals surface area contributed by atoms with Gasteiger partial charge in [-0.15, -0.1) is 0 Å². The Morgan fingerprint density at radius 3 is 2.61 bits per heavy atom. The average Bonchev–Trinajstić information content (AvgIpc) is 2.29. The molecular formula is C13H19IN2O2. The summed E-state index contributed by atoms with van der Waals surface area (Å²) in [4.78, 5) is 10.8. The molecule has 1 unspecified atom stereocenters. The fourth-order valence-electron chi connectivity index (χ4n) is 2.02. The van der Waals surface area contributed by atoms with E-state index in [0.717, 1.165) is 15.6 Å². The molecule has 1 atom stereocenters. The number of nitro benzene ring substituents is 1. The molecule has 0 aliphatic heterocycles. The lowest BCUT2D eigenvalue weighted by molar-refractivity contribution is -0.385. The van der Waals surface area contributed by atoms with Gasteiger partial charge in [0.2, 0.25) is 0 Å². The Labute approximate surface area is 121 Å². The highest BCUT2D eigenvalue weighted by molar-refractivity contribution is 14.1. The molecule has 0 radical (unpaired) electrons. The van der Waals surface area contributed by atoms with Crippen molar-refractivity contribution in [2.45, 2.75) is 32.7 Å². The fourth-order valence-corrected chi connectivity index (χ4v) is 2.49. The first-order valence-corrected chi connectivity index (χ1v) is 7.12. The molecule has 0 aliphatic carbocycles. The van der Waals surface area contributed by atoms with Crippen LogP contribution < -0.4 is 5.32 Å². The van der Waals surface area contributed by atoms with Gasteiger partial charge < -0.3 is 5.32 Å². The van der Waals surface area contributed by atoms with Crippen LogP contribution in [0.2, 0.25) is 0 Å². The zero-order valence-corrected chi connectivity index (χ0v) is 13.1. The molecule has 0 saturated heterocycles. The van der Waals surface area contributed by atoms with Gasteiger partial charge in [-0.25, -0.2) is 0 Å². The highest BCUT2D eigenvalue weighted by atomic mass is 127. The van der Waals surface area contributed by atoms with Crippen molar-refractivity contribution in [2.75, 3.05) is 7.05 Å². The van der Waals surface area contributed by atoms with E-state index in [4.69, 9.17) is 0 Å². The summed E-state index contributed by atoms with van der Waals surface area (Å²) in [6, 6.07) is 5.71. The minimum absolute atomic E-state index is 0.228. The molecule has 100 valence electrons. The Kier molecular flexibility index (Phi) is 6.01. The van der Waals surface area contributed by atoms with Gasteiger partial charge in [-0.2, -0.15) is 0 Å².